The Bertz CT molecular complexity index is 1290. The van der Waals surface area contributed by atoms with Gasteiger partial charge in [-0.15, -0.1) is 0 Å². The van der Waals surface area contributed by atoms with Crippen molar-refractivity contribution in [3.05, 3.63) is 89.5 Å². The topological polar surface area (TPSA) is 68.3 Å². The normalized spacial score (nSPS) is 14.0. The highest BCUT2D eigenvalue weighted by molar-refractivity contribution is 5.96. The Balaban J connectivity index is 1.24. The van der Waals surface area contributed by atoms with Gasteiger partial charge in [0, 0.05) is 31.7 Å². The number of para-hydroxylation sites is 1. The van der Waals surface area contributed by atoms with Crippen LogP contribution in [0.2, 0.25) is 0 Å². The van der Waals surface area contributed by atoms with Crippen molar-refractivity contribution in [1.82, 2.24) is 4.90 Å². The van der Waals surface area contributed by atoms with E-state index in [2.05, 4.69) is 30.6 Å². The van der Waals surface area contributed by atoms with E-state index in [1.54, 1.807) is 18.2 Å². The second-order valence-corrected chi connectivity index (χ2v) is 11.3. The summed E-state index contributed by atoms with van der Waals surface area (Å²) in [6.07, 6.45) is 1.98. The minimum absolute atomic E-state index is 0.171. The molecule has 3 aromatic carbocycles. The molecule has 1 saturated heterocycles. The number of anilines is 1. The van der Waals surface area contributed by atoms with Crippen molar-refractivity contribution in [2.45, 2.75) is 46.0 Å². The Morgan fingerprint density at radius 1 is 0.829 bits per heavy atom. The van der Waals surface area contributed by atoms with E-state index in [1.807, 2.05) is 61.5 Å². The van der Waals surface area contributed by atoms with Crippen LogP contribution in [0.4, 0.5) is 5.69 Å². The highest BCUT2D eigenvalue weighted by atomic mass is 16.5. The van der Waals surface area contributed by atoms with Gasteiger partial charge in [0.25, 0.3) is 0 Å². The van der Waals surface area contributed by atoms with Crippen molar-refractivity contribution < 1.29 is 23.8 Å². The maximum Gasteiger partial charge on any atom is 0.343 e. The zero-order valence-corrected chi connectivity index (χ0v) is 24.7. The van der Waals surface area contributed by atoms with Crippen molar-refractivity contribution in [2.75, 3.05) is 50.8 Å². The van der Waals surface area contributed by atoms with Gasteiger partial charge in [-0.05, 0) is 74.2 Å². The number of nitrogens with zero attached hydrogens (tertiary/aromatic N) is 2. The fourth-order valence-electron chi connectivity index (χ4n) is 4.99. The number of esters is 2. The molecule has 1 aliphatic heterocycles. The summed E-state index contributed by atoms with van der Waals surface area (Å²) in [5, 5.41) is 0. The standard InChI is InChI=1S/C34H42N2O5/c1-5-39-33(38)28-15-9-10-16-30(28)36-22-20-35(21-23-36)19-11-12-24-40-31-18-17-27(25-29(31)34(2,3)4)41-32(37)26-13-7-6-8-14-26/h6-10,13-18,25H,5,11-12,19-24H2,1-4H3. The molecular formula is C34H42N2O5. The molecule has 0 aromatic heterocycles. The third-order valence-electron chi connectivity index (χ3n) is 7.22. The molecule has 1 heterocycles. The minimum Gasteiger partial charge on any atom is -0.493 e. The van der Waals surface area contributed by atoms with Crippen LogP contribution in [-0.4, -0.2) is 62.8 Å². The van der Waals surface area contributed by atoms with Gasteiger partial charge in [0.15, 0.2) is 0 Å². The number of ether oxygens (including phenoxy) is 3. The predicted molar refractivity (Wildman–Crippen MR) is 162 cm³/mol. The first-order chi connectivity index (χ1) is 19.8. The lowest BCUT2D eigenvalue weighted by Crippen LogP contribution is -2.47. The Labute approximate surface area is 244 Å². The first-order valence-electron chi connectivity index (χ1n) is 14.5. The summed E-state index contributed by atoms with van der Waals surface area (Å²) < 4.78 is 17.1. The number of carbonyl (C=O) groups is 2. The van der Waals surface area contributed by atoms with Crippen LogP contribution in [0, 0.1) is 0 Å². The molecule has 0 atom stereocenters. The van der Waals surface area contributed by atoms with Crippen LogP contribution in [-0.2, 0) is 10.2 Å². The molecule has 4 rings (SSSR count). The zero-order chi connectivity index (χ0) is 29.2. The highest BCUT2D eigenvalue weighted by Gasteiger charge is 2.23. The second-order valence-electron chi connectivity index (χ2n) is 11.3. The lowest BCUT2D eigenvalue weighted by molar-refractivity contribution is 0.0526. The Morgan fingerprint density at radius 3 is 2.24 bits per heavy atom. The van der Waals surface area contributed by atoms with Gasteiger partial charge < -0.3 is 19.1 Å². The third-order valence-corrected chi connectivity index (χ3v) is 7.22. The van der Waals surface area contributed by atoms with Gasteiger partial charge in [0.05, 0.1) is 30.0 Å². The third kappa shape index (κ3) is 8.33. The first kappa shape index (κ1) is 30.1. The first-order valence-corrected chi connectivity index (χ1v) is 14.5. The number of rotatable bonds is 11. The molecule has 41 heavy (non-hydrogen) atoms. The average molecular weight is 559 g/mol. The van der Waals surface area contributed by atoms with Gasteiger partial charge in [0.1, 0.15) is 11.5 Å². The van der Waals surface area contributed by atoms with Gasteiger partial charge >= 0.3 is 11.9 Å². The molecule has 0 unspecified atom stereocenters. The quantitative estimate of drug-likeness (QED) is 0.154. The lowest BCUT2D eigenvalue weighted by atomic mass is 9.86. The lowest BCUT2D eigenvalue weighted by Gasteiger charge is -2.36. The average Bonchev–Trinajstić information content (AvgIpc) is 2.98. The summed E-state index contributed by atoms with van der Waals surface area (Å²) in [6.45, 7) is 13.9. The summed E-state index contributed by atoms with van der Waals surface area (Å²) in [5.74, 6) is 0.706. The van der Waals surface area contributed by atoms with Crippen LogP contribution < -0.4 is 14.4 Å². The van der Waals surface area contributed by atoms with Gasteiger partial charge in [-0.1, -0.05) is 51.1 Å². The van der Waals surface area contributed by atoms with Crippen LogP contribution in [0.5, 0.6) is 11.5 Å². The molecule has 0 bridgehead atoms. The molecule has 3 aromatic rings. The van der Waals surface area contributed by atoms with E-state index in [-0.39, 0.29) is 17.4 Å². The Morgan fingerprint density at radius 2 is 1.54 bits per heavy atom. The molecule has 1 aliphatic rings. The molecule has 0 N–H and O–H groups in total. The number of unbranched alkanes of at least 4 members (excludes halogenated alkanes) is 1. The van der Waals surface area contributed by atoms with Crippen LogP contribution in [0.25, 0.3) is 0 Å². The number of hydrogen-bond donors (Lipinski definition) is 0. The molecule has 7 nitrogen and oxygen atoms in total. The van der Waals surface area contributed by atoms with Crippen molar-refractivity contribution in [3.8, 4) is 11.5 Å². The Kier molecular flexibility index (Phi) is 10.4. The smallest absolute Gasteiger partial charge is 0.343 e. The van der Waals surface area contributed by atoms with Crippen molar-refractivity contribution in [1.29, 1.82) is 0 Å². The van der Waals surface area contributed by atoms with E-state index in [9.17, 15) is 9.59 Å². The second kappa shape index (κ2) is 14.2. The summed E-state index contributed by atoms with van der Waals surface area (Å²) in [5.41, 5.74) is 2.95. The van der Waals surface area contributed by atoms with Gasteiger partial charge in [-0.2, -0.15) is 0 Å². The number of benzene rings is 3. The molecule has 0 aliphatic carbocycles. The molecular weight excluding hydrogens is 516 g/mol. The maximum atomic E-state index is 12.5. The summed E-state index contributed by atoms with van der Waals surface area (Å²) in [6, 6.07) is 22.3. The fraction of sp³-hybridized carbons (Fsp3) is 0.412. The monoisotopic (exact) mass is 558 g/mol. The summed E-state index contributed by atoms with van der Waals surface area (Å²) >= 11 is 0. The molecule has 1 fully saturated rings. The van der Waals surface area contributed by atoms with Crippen LogP contribution >= 0.6 is 0 Å². The van der Waals surface area contributed by atoms with Crippen LogP contribution in [0.3, 0.4) is 0 Å². The van der Waals surface area contributed by atoms with E-state index in [1.165, 1.54) is 0 Å². The highest BCUT2D eigenvalue weighted by Crippen LogP contribution is 2.35. The maximum absolute atomic E-state index is 12.5. The van der Waals surface area contributed by atoms with E-state index in [4.69, 9.17) is 14.2 Å². The summed E-state index contributed by atoms with van der Waals surface area (Å²) in [7, 11) is 0. The molecule has 218 valence electrons. The van der Waals surface area contributed by atoms with E-state index < -0.39 is 0 Å². The van der Waals surface area contributed by atoms with Gasteiger partial charge in [0.2, 0.25) is 0 Å². The van der Waals surface area contributed by atoms with Gasteiger partial charge in [-0.25, -0.2) is 9.59 Å². The zero-order valence-electron chi connectivity index (χ0n) is 24.7. The SMILES string of the molecule is CCOC(=O)c1ccccc1N1CCN(CCCCOc2ccc(OC(=O)c3ccccc3)cc2C(C)(C)C)CC1. The van der Waals surface area contributed by atoms with Crippen LogP contribution in [0.15, 0.2) is 72.8 Å². The van der Waals surface area contributed by atoms with Crippen molar-refractivity contribution in [2.24, 2.45) is 0 Å². The molecule has 0 saturated carbocycles. The van der Waals surface area contributed by atoms with Crippen molar-refractivity contribution >= 4 is 17.6 Å². The van der Waals surface area contributed by atoms with E-state index >= 15 is 0 Å². The largest absolute Gasteiger partial charge is 0.493 e. The minimum atomic E-state index is -0.372. The fourth-order valence-corrected chi connectivity index (χ4v) is 4.99. The van der Waals surface area contributed by atoms with Gasteiger partial charge in [-0.3, -0.25) is 4.90 Å². The van der Waals surface area contributed by atoms with Crippen molar-refractivity contribution in [3.63, 3.8) is 0 Å². The molecule has 0 spiro atoms. The Hall–Kier alpha value is -3.84. The number of carbonyl (C=O) groups excluding carboxylic acids is 2. The summed E-state index contributed by atoms with van der Waals surface area (Å²) in [4.78, 5) is 29.6. The number of hydrogen-bond acceptors (Lipinski definition) is 7. The van der Waals surface area contributed by atoms with E-state index in [0.717, 1.165) is 62.6 Å². The molecule has 0 amide bonds. The molecule has 7 heteroatoms. The van der Waals surface area contributed by atoms with Crippen LogP contribution in [0.1, 0.15) is 66.8 Å². The predicted octanol–water partition coefficient (Wildman–Crippen LogP) is 6.36. The van der Waals surface area contributed by atoms with E-state index in [0.29, 0.717) is 30.1 Å². The molecule has 0 radical (unpaired) electrons. The number of piperazine rings is 1.